The molecule has 0 aromatic carbocycles. The van der Waals surface area contributed by atoms with Gasteiger partial charge in [0, 0.05) is 24.4 Å². The molecular weight excluding hydrogens is 323 g/mol. The molecule has 7 heteroatoms. The molecule has 0 radical (unpaired) electrons. The summed E-state index contributed by atoms with van der Waals surface area (Å²) in [5.41, 5.74) is 3.63. The molecule has 3 aromatic rings. The van der Waals surface area contributed by atoms with Gasteiger partial charge < -0.3 is 9.30 Å². The van der Waals surface area contributed by atoms with E-state index in [1.807, 2.05) is 23.6 Å². The molecule has 0 amide bonds. The smallest absolute Gasteiger partial charge is 0.219 e. The van der Waals surface area contributed by atoms with Crippen LogP contribution < -0.4 is 4.74 Å². The van der Waals surface area contributed by atoms with Crippen molar-refractivity contribution in [2.45, 2.75) is 26.3 Å². The molecule has 0 fully saturated rings. The molecule has 0 saturated heterocycles. The largest absolute Gasteiger partial charge is 0.481 e. The van der Waals surface area contributed by atoms with E-state index in [1.54, 1.807) is 19.5 Å². The van der Waals surface area contributed by atoms with Gasteiger partial charge in [-0.05, 0) is 25.5 Å². The summed E-state index contributed by atoms with van der Waals surface area (Å²) in [7, 11) is 1.57. The number of Topliss-reactive ketones (excluding diaryl/α,β-unsaturated/α-hetero) is 1. The molecule has 25 heavy (non-hydrogen) atoms. The van der Waals surface area contributed by atoms with Crippen molar-refractivity contribution in [3.05, 3.63) is 47.7 Å². The molecule has 0 atom stereocenters. The van der Waals surface area contributed by atoms with Crippen LogP contribution >= 0.6 is 0 Å². The van der Waals surface area contributed by atoms with Crippen molar-refractivity contribution >= 4 is 16.8 Å². The van der Waals surface area contributed by atoms with Gasteiger partial charge in [-0.1, -0.05) is 0 Å². The first-order chi connectivity index (χ1) is 12.2. The van der Waals surface area contributed by atoms with Crippen molar-refractivity contribution in [3.8, 4) is 5.88 Å². The van der Waals surface area contributed by atoms with E-state index in [-0.39, 0.29) is 18.6 Å². The molecule has 0 spiro atoms. The third-order valence-electron chi connectivity index (χ3n) is 4.13. The lowest BCUT2D eigenvalue weighted by Crippen LogP contribution is -2.05. The molecule has 6 nitrogen and oxygen atoms in total. The minimum Gasteiger partial charge on any atom is -0.481 e. The number of methoxy groups -OCH3 is 1. The first kappa shape index (κ1) is 17.0. The second-order valence-corrected chi connectivity index (χ2v) is 5.71. The number of rotatable bonds is 7. The number of hydrogen-bond donors (Lipinski definition) is 0. The Balaban J connectivity index is 2.01. The maximum Gasteiger partial charge on any atom is 0.219 e. The second-order valence-electron chi connectivity index (χ2n) is 5.71. The van der Waals surface area contributed by atoms with Crippen molar-refractivity contribution in [1.82, 2.24) is 19.5 Å². The Bertz CT molecular complexity index is 907. The van der Waals surface area contributed by atoms with Gasteiger partial charge in [-0.15, -0.1) is 0 Å². The number of fused-ring (bicyclic) bond motifs is 1. The number of pyridine rings is 1. The van der Waals surface area contributed by atoms with Gasteiger partial charge in [-0.2, -0.15) is 0 Å². The Morgan fingerprint density at radius 1 is 1.32 bits per heavy atom. The Morgan fingerprint density at radius 2 is 2.16 bits per heavy atom. The summed E-state index contributed by atoms with van der Waals surface area (Å²) in [6.45, 7) is 1.85. The predicted octanol–water partition coefficient (Wildman–Crippen LogP) is 3.12. The van der Waals surface area contributed by atoms with Crippen LogP contribution in [0.25, 0.3) is 11.0 Å². The van der Waals surface area contributed by atoms with E-state index in [2.05, 4.69) is 15.0 Å². The van der Waals surface area contributed by atoms with Crippen LogP contribution in [0, 0.1) is 6.92 Å². The molecule has 130 valence electrons. The number of ketones is 1. The summed E-state index contributed by atoms with van der Waals surface area (Å²) in [5, 5.41) is 0. The van der Waals surface area contributed by atoms with E-state index in [4.69, 9.17) is 4.74 Å². The van der Waals surface area contributed by atoms with Gasteiger partial charge >= 0.3 is 0 Å². The second kappa shape index (κ2) is 7.38. The first-order valence-electron chi connectivity index (χ1n) is 8.03. The van der Waals surface area contributed by atoms with Crippen LogP contribution in [0.15, 0.2) is 30.9 Å². The summed E-state index contributed by atoms with van der Waals surface area (Å²) in [4.78, 5) is 25.1. The van der Waals surface area contributed by atoms with Crippen molar-refractivity contribution in [2.24, 2.45) is 0 Å². The van der Waals surface area contributed by atoms with Gasteiger partial charge in [0.25, 0.3) is 0 Å². The predicted molar refractivity (Wildman–Crippen MR) is 91.7 cm³/mol. The number of nitrogens with zero attached hydrogens (tertiary/aromatic N) is 4. The minimum atomic E-state index is -0.502. The highest BCUT2D eigenvalue weighted by molar-refractivity contribution is 6.06. The Morgan fingerprint density at radius 3 is 2.92 bits per heavy atom. The van der Waals surface area contributed by atoms with Crippen LogP contribution in [0.2, 0.25) is 0 Å². The van der Waals surface area contributed by atoms with Crippen LogP contribution in [-0.4, -0.2) is 39.1 Å². The quantitative estimate of drug-likeness (QED) is 0.617. The summed E-state index contributed by atoms with van der Waals surface area (Å²) in [6, 6.07) is 3.73. The average molecular weight is 342 g/mol. The van der Waals surface area contributed by atoms with Crippen molar-refractivity contribution in [2.75, 3.05) is 13.8 Å². The van der Waals surface area contributed by atoms with Gasteiger partial charge in [0.2, 0.25) is 5.88 Å². The monoisotopic (exact) mass is 342 g/mol. The number of alkyl halides is 1. The third-order valence-corrected chi connectivity index (χ3v) is 4.13. The zero-order valence-electron chi connectivity index (χ0n) is 14.2. The van der Waals surface area contributed by atoms with E-state index >= 15 is 0 Å². The minimum absolute atomic E-state index is 0.0999. The topological polar surface area (TPSA) is 69.9 Å². The van der Waals surface area contributed by atoms with Gasteiger partial charge in [0.05, 0.1) is 42.6 Å². The van der Waals surface area contributed by atoms with E-state index < -0.39 is 6.67 Å². The Kier molecular flexibility index (Phi) is 5.02. The molecule has 0 aliphatic carbocycles. The lowest BCUT2D eigenvalue weighted by Gasteiger charge is -2.09. The highest BCUT2D eigenvalue weighted by Gasteiger charge is 2.17. The van der Waals surface area contributed by atoms with Gasteiger partial charge in [0.1, 0.15) is 6.33 Å². The van der Waals surface area contributed by atoms with Crippen LogP contribution in [0.5, 0.6) is 5.88 Å². The normalized spacial score (nSPS) is 11.0. The molecule has 3 rings (SSSR count). The van der Waals surface area contributed by atoms with E-state index in [0.717, 1.165) is 16.8 Å². The average Bonchev–Trinajstić information content (AvgIpc) is 3.00. The summed E-state index contributed by atoms with van der Waals surface area (Å²) in [6.07, 6.45) is 5.27. The zero-order valence-corrected chi connectivity index (χ0v) is 14.2. The summed E-state index contributed by atoms with van der Waals surface area (Å²) >= 11 is 0. The molecule has 0 bridgehead atoms. The van der Waals surface area contributed by atoms with Crippen molar-refractivity contribution in [1.29, 1.82) is 0 Å². The van der Waals surface area contributed by atoms with Crippen LogP contribution in [0.3, 0.4) is 0 Å². The number of aromatic nitrogens is 4. The molecule has 3 heterocycles. The molecule has 0 aliphatic rings. The van der Waals surface area contributed by atoms with Gasteiger partial charge in [-0.25, -0.2) is 9.97 Å². The van der Waals surface area contributed by atoms with Crippen molar-refractivity contribution < 1.29 is 13.9 Å². The highest BCUT2D eigenvalue weighted by Crippen LogP contribution is 2.23. The fourth-order valence-electron chi connectivity index (χ4n) is 2.81. The molecule has 3 aromatic heterocycles. The number of ether oxygens (including phenoxy) is 1. The third kappa shape index (κ3) is 3.35. The lowest BCUT2D eigenvalue weighted by atomic mass is 10.1. The maximum absolute atomic E-state index is 12.4. The highest BCUT2D eigenvalue weighted by atomic mass is 19.1. The van der Waals surface area contributed by atoms with Gasteiger partial charge in [0.15, 0.2) is 5.78 Å². The Labute approximate surface area is 144 Å². The Hall–Kier alpha value is -2.83. The van der Waals surface area contributed by atoms with Crippen LogP contribution in [-0.2, 0) is 6.54 Å². The molecule has 0 unspecified atom stereocenters. The molecule has 0 N–H and O–H groups in total. The standard InChI is InChI=1S/C18H19FN4O2/c1-12-14(21-11-22-18(12)25-2)10-23-9-13(16(24)6-3-7-19)17-15(23)5-4-8-20-17/h4-5,8-9,11H,3,6-7,10H2,1-2H3. The van der Waals surface area contributed by atoms with E-state index in [1.165, 1.54) is 6.33 Å². The SMILES string of the molecule is COc1ncnc(Cn2cc(C(=O)CCCF)c3ncccc32)c1C. The summed E-state index contributed by atoms with van der Waals surface area (Å²) < 4.78 is 19.6. The lowest BCUT2D eigenvalue weighted by molar-refractivity contribution is 0.0978. The fourth-order valence-corrected chi connectivity index (χ4v) is 2.81. The molecule has 0 saturated carbocycles. The number of carbonyl (C=O) groups excluding carboxylic acids is 1. The fraction of sp³-hybridized carbons (Fsp3) is 0.333. The van der Waals surface area contributed by atoms with Gasteiger partial charge in [-0.3, -0.25) is 14.2 Å². The van der Waals surface area contributed by atoms with Crippen LogP contribution in [0.4, 0.5) is 4.39 Å². The van der Waals surface area contributed by atoms with Crippen LogP contribution in [0.1, 0.15) is 34.5 Å². The maximum atomic E-state index is 12.4. The van der Waals surface area contributed by atoms with E-state index in [0.29, 0.717) is 23.5 Å². The van der Waals surface area contributed by atoms with E-state index in [9.17, 15) is 9.18 Å². The molecule has 0 aliphatic heterocycles. The molecular formula is C18H19FN4O2. The number of carbonyl (C=O) groups is 1. The zero-order chi connectivity index (χ0) is 17.8. The first-order valence-corrected chi connectivity index (χ1v) is 8.03. The number of halogens is 1. The van der Waals surface area contributed by atoms with Crippen molar-refractivity contribution in [3.63, 3.8) is 0 Å². The summed E-state index contributed by atoms with van der Waals surface area (Å²) in [5.74, 6) is 0.427. The number of hydrogen-bond acceptors (Lipinski definition) is 5.